The van der Waals surface area contributed by atoms with Crippen molar-refractivity contribution in [2.75, 3.05) is 26.2 Å². The second kappa shape index (κ2) is 5.68. The molecule has 6 heteroatoms. The van der Waals surface area contributed by atoms with E-state index in [-0.39, 0.29) is 12.0 Å². The molecule has 0 saturated carbocycles. The third-order valence-electron chi connectivity index (χ3n) is 4.60. The van der Waals surface area contributed by atoms with Crippen LogP contribution in [0.4, 0.5) is 0 Å². The SMILES string of the molecule is CC1CCN(S(=O)(=O)N2C[C@@H](N)[C@H](c3ccccc3)C2)C1. The lowest BCUT2D eigenvalue weighted by atomic mass is 9.95. The van der Waals surface area contributed by atoms with Gasteiger partial charge in [-0.1, -0.05) is 37.3 Å². The molecule has 1 aromatic carbocycles. The summed E-state index contributed by atoms with van der Waals surface area (Å²) < 4.78 is 28.6. The third-order valence-corrected chi connectivity index (χ3v) is 6.53. The Balaban J connectivity index is 1.76. The highest BCUT2D eigenvalue weighted by Crippen LogP contribution is 2.30. The van der Waals surface area contributed by atoms with Gasteiger partial charge >= 0.3 is 0 Å². The summed E-state index contributed by atoms with van der Waals surface area (Å²) in [5, 5.41) is 0. The van der Waals surface area contributed by atoms with E-state index in [1.807, 2.05) is 30.3 Å². The maximum absolute atomic E-state index is 12.7. The Kier molecular flexibility index (Phi) is 4.05. The first kappa shape index (κ1) is 15.0. The van der Waals surface area contributed by atoms with E-state index < -0.39 is 10.2 Å². The van der Waals surface area contributed by atoms with Crippen LogP contribution in [0.15, 0.2) is 30.3 Å². The lowest BCUT2D eigenvalue weighted by Gasteiger charge is -2.23. The maximum Gasteiger partial charge on any atom is 0.282 e. The van der Waals surface area contributed by atoms with Gasteiger partial charge in [-0.15, -0.1) is 0 Å². The summed E-state index contributed by atoms with van der Waals surface area (Å²) in [6, 6.07) is 9.83. The van der Waals surface area contributed by atoms with Crippen LogP contribution in [0.3, 0.4) is 0 Å². The Morgan fingerprint density at radius 2 is 1.81 bits per heavy atom. The molecule has 1 aromatic rings. The van der Waals surface area contributed by atoms with Crippen LogP contribution < -0.4 is 5.73 Å². The van der Waals surface area contributed by atoms with Crippen molar-refractivity contribution in [1.82, 2.24) is 8.61 Å². The molecule has 0 aromatic heterocycles. The zero-order valence-electron chi connectivity index (χ0n) is 12.4. The highest BCUT2D eigenvalue weighted by atomic mass is 32.2. The monoisotopic (exact) mass is 309 g/mol. The number of hydrogen-bond acceptors (Lipinski definition) is 3. The largest absolute Gasteiger partial charge is 0.326 e. The maximum atomic E-state index is 12.7. The second-order valence-corrected chi connectivity index (χ2v) is 8.19. The highest BCUT2D eigenvalue weighted by Gasteiger charge is 2.41. The van der Waals surface area contributed by atoms with E-state index >= 15 is 0 Å². The van der Waals surface area contributed by atoms with Crippen LogP contribution in [0.1, 0.15) is 24.8 Å². The van der Waals surface area contributed by atoms with Crippen LogP contribution in [0.2, 0.25) is 0 Å². The minimum Gasteiger partial charge on any atom is -0.326 e. The molecule has 2 aliphatic heterocycles. The topological polar surface area (TPSA) is 66.6 Å². The summed E-state index contributed by atoms with van der Waals surface area (Å²) in [5.41, 5.74) is 7.32. The van der Waals surface area contributed by atoms with E-state index in [2.05, 4.69) is 6.92 Å². The molecular formula is C15H23N3O2S. The van der Waals surface area contributed by atoms with E-state index in [1.54, 1.807) is 8.61 Å². The fourth-order valence-electron chi connectivity index (χ4n) is 3.30. The summed E-state index contributed by atoms with van der Waals surface area (Å²) in [6.45, 7) is 4.25. The lowest BCUT2D eigenvalue weighted by molar-refractivity contribution is 0.388. The zero-order chi connectivity index (χ0) is 15.0. The molecule has 2 heterocycles. The summed E-state index contributed by atoms with van der Waals surface area (Å²) in [4.78, 5) is 0. The van der Waals surface area contributed by atoms with Crippen LogP contribution in [-0.4, -0.2) is 49.2 Å². The van der Waals surface area contributed by atoms with E-state index in [1.165, 1.54) is 0 Å². The number of rotatable bonds is 3. The molecule has 2 N–H and O–H groups in total. The van der Waals surface area contributed by atoms with Crippen molar-refractivity contribution in [3.8, 4) is 0 Å². The average molecular weight is 309 g/mol. The molecular weight excluding hydrogens is 286 g/mol. The van der Waals surface area contributed by atoms with E-state index in [0.29, 0.717) is 32.1 Å². The standard InChI is InChI=1S/C15H23N3O2S/c1-12-7-8-17(9-12)21(19,20)18-10-14(15(16)11-18)13-5-3-2-4-6-13/h2-6,12,14-15H,7-11,16H2,1H3/t12?,14-,15+/m0/s1. The van der Waals surface area contributed by atoms with Crippen molar-refractivity contribution in [3.63, 3.8) is 0 Å². The first-order chi connectivity index (χ1) is 9.98. The van der Waals surface area contributed by atoms with Crippen LogP contribution in [-0.2, 0) is 10.2 Å². The second-order valence-electron chi connectivity index (χ2n) is 6.26. The number of nitrogens with zero attached hydrogens (tertiary/aromatic N) is 2. The van der Waals surface area contributed by atoms with Gasteiger partial charge in [0.15, 0.2) is 0 Å². The van der Waals surface area contributed by atoms with Crippen molar-refractivity contribution in [3.05, 3.63) is 35.9 Å². The molecule has 3 rings (SSSR count). The van der Waals surface area contributed by atoms with E-state index in [0.717, 1.165) is 12.0 Å². The van der Waals surface area contributed by atoms with Gasteiger partial charge in [0.25, 0.3) is 10.2 Å². The first-order valence-electron chi connectivity index (χ1n) is 7.54. The fourth-order valence-corrected chi connectivity index (χ4v) is 5.12. The van der Waals surface area contributed by atoms with Crippen molar-refractivity contribution >= 4 is 10.2 Å². The van der Waals surface area contributed by atoms with Gasteiger partial charge in [-0.25, -0.2) is 0 Å². The fraction of sp³-hybridized carbons (Fsp3) is 0.600. The summed E-state index contributed by atoms with van der Waals surface area (Å²) in [5.74, 6) is 0.530. The lowest BCUT2D eigenvalue weighted by Crippen LogP contribution is -2.42. The van der Waals surface area contributed by atoms with E-state index in [9.17, 15) is 8.42 Å². The number of hydrogen-bond donors (Lipinski definition) is 1. The van der Waals surface area contributed by atoms with Gasteiger partial charge < -0.3 is 5.73 Å². The van der Waals surface area contributed by atoms with Crippen molar-refractivity contribution in [2.24, 2.45) is 11.7 Å². The minimum absolute atomic E-state index is 0.0843. The molecule has 0 amide bonds. The van der Waals surface area contributed by atoms with Crippen molar-refractivity contribution < 1.29 is 8.42 Å². The van der Waals surface area contributed by atoms with Crippen LogP contribution in [0.25, 0.3) is 0 Å². The molecule has 3 atom stereocenters. The van der Waals surface area contributed by atoms with Gasteiger partial charge in [-0.2, -0.15) is 17.0 Å². The molecule has 1 unspecified atom stereocenters. The molecule has 2 fully saturated rings. The van der Waals surface area contributed by atoms with Gasteiger partial charge in [0.1, 0.15) is 0 Å². The Morgan fingerprint density at radius 3 is 2.43 bits per heavy atom. The van der Waals surface area contributed by atoms with Gasteiger partial charge in [0, 0.05) is 38.1 Å². The highest BCUT2D eigenvalue weighted by molar-refractivity contribution is 7.86. The normalized spacial score (nSPS) is 31.8. The summed E-state index contributed by atoms with van der Waals surface area (Å²) in [7, 11) is -3.36. The molecule has 0 spiro atoms. The Hall–Kier alpha value is -0.950. The average Bonchev–Trinajstić information content (AvgIpc) is 3.07. The van der Waals surface area contributed by atoms with Crippen LogP contribution in [0, 0.1) is 5.92 Å². The molecule has 0 radical (unpaired) electrons. The van der Waals surface area contributed by atoms with Crippen molar-refractivity contribution in [1.29, 1.82) is 0 Å². The van der Waals surface area contributed by atoms with Gasteiger partial charge in [0.05, 0.1) is 0 Å². The molecule has 21 heavy (non-hydrogen) atoms. The number of nitrogens with two attached hydrogens (primary N) is 1. The summed E-state index contributed by atoms with van der Waals surface area (Å²) >= 11 is 0. The van der Waals surface area contributed by atoms with Gasteiger partial charge in [-0.3, -0.25) is 0 Å². The van der Waals surface area contributed by atoms with E-state index in [4.69, 9.17) is 5.73 Å². The Bertz CT molecular complexity index is 590. The molecule has 2 aliphatic rings. The molecule has 116 valence electrons. The van der Waals surface area contributed by atoms with Gasteiger partial charge in [0.2, 0.25) is 0 Å². The first-order valence-corrected chi connectivity index (χ1v) is 8.94. The zero-order valence-corrected chi connectivity index (χ0v) is 13.2. The molecule has 0 aliphatic carbocycles. The quantitative estimate of drug-likeness (QED) is 0.906. The van der Waals surface area contributed by atoms with Crippen LogP contribution in [0.5, 0.6) is 0 Å². The minimum atomic E-state index is -3.36. The molecule has 0 bridgehead atoms. The molecule has 2 saturated heterocycles. The van der Waals surface area contributed by atoms with Crippen molar-refractivity contribution in [2.45, 2.75) is 25.3 Å². The summed E-state index contributed by atoms with van der Waals surface area (Å²) in [6.07, 6.45) is 0.946. The van der Waals surface area contributed by atoms with Crippen LogP contribution >= 0.6 is 0 Å². The molecule has 5 nitrogen and oxygen atoms in total. The Morgan fingerprint density at radius 1 is 1.10 bits per heavy atom. The predicted molar refractivity (Wildman–Crippen MR) is 83.0 cm³/mol. The van der Waals surface area contributed by atoms with Gasteiger partial charge in [-0.05, 0) is 17.9 Å². The Labute approximate surface area is 126 Å². The third kappa shape index (κ3) is 2.85. The smallest absolute Gasteiger partial charge is 0.282 e. The number of benzene rings is 1. The predicted octanol–water partition coefficient (Wildman–Crippen LogP) is 1.000.